The van der Waals surface area contributed by atoms with E-state index in [0.29, 0.717) is 35.6 Å². The Kier molecular flexibility index (Phi) is 6.12. The maximum atomic E-state index is 12.6. The Balaban J connectivity index is 1.28. The molecule has 3 aromatic rings. The van der Waals surface area contributed by atoms with E-state index in [4.69, 9.17) is 11.6 Å². The number of hydrogen-bond acceptors (Lipinski definition) is 7. The molecule has 1 N–H and O–H groups in total. The molecule has 1 saturated heterocycles. The number of thioether (sulfide) groups is 1. The first-order valence-corrected chi connectivity index (χ1v) is 10.6. The van der Waals surface area contributed by atoms with E-state index in [0.717, 1.165) is 30.4 Å². The SMILES string of the molecule is Cc1nc(CN2CCN(C(=O)CSc3nncn3-c3cccc(Cl)c3)CC2)n[nH]1. The van der Waals surface area contributed by atoms with Gasteiger partial charge in [0, 0.05) is 31.2 Å². The summed E-state index contributed by atoms with van der Waals surface area (Å²) in [7, 11) is 0. The van der Waals surface area contributed by atoms with Crippen molar-refractivity contribution in [3.8, 4) is 5.69 Å². The van der Waals surface area contributed by atoms with Gasteiger partial charge in [-0.3, -0.25) is 19.4 Å². The van der Waals surface area contributed by atoms with E-state index in [9.17, 15) is 4.79 Å². The second-order valence-corrected chi connectivity index (χ2v) is 8.12. The molecule has 0 unspecified atom stereocenters. The van der Waals surface area contributed by atoms with E-state index in [-0.39, 0.29) is 5.91 Å². The van der Waals surface area contributed by atoms with Crippen LogP contribution in [0, 0.1) is 6.92 Å². The summed E-state index contributed by atoms with van der Waals surface area (Å²) < 4.78 is 1.83. The lowest BCUT2D eigenvalue weighted by Gasteiger charge is -2.34. The van der Waals surface area contributed by atoms with Gasteiger partial charge in [-0.15, -0.1) is 10.2 Å². The highest BCUT2D eigenvalue weighted by Crippen LogP contribution is 2.22. The number of aromatic nitrogens is 6. The quantitative estimate of drug-likeness (QED) is 0.593. The lowest BCUT2D eigenvalue weighted by atomic mass is 10.3. The van der Waals surface area contributed by atoms with Crippen LogP contribution in [0.25, 0.3) is 5.69 Å². The highest BCUT2D eigenvalue weighted by molar-refractivity contribution is 7.99. The molecule has 0 aliphatic carbocycles. The number of rotatable bonds is 6. The van der Waals surface area contributed by atoms with E-state index in [1.807, 2.05) is 40.7 Å². The minimum absolute atomic E-state index is 0.101. The number of aryl methyl sites for hydroxylation is 1. The number of H-pyrrole nitrogens is 1. The molecule has 2 aromatic heterocycles. The number of carbonyl (C=O) groups is 1. The fraction of sp³-hybridized carbons (Fsp3) is 0.389. The van der Waals surface area contributed by atoms with Crippen LogP contribution in [0.15, 0.2) is 35.7 Å². The minimum Gasteiger partial charge on any atom is -0.339 e. The third-order valence-corrected chi connectivity index (χ3v) is 5.82. The van der Waals surface area contributed by atoms with Gasteiger partial charge in [0.05, 0.1) is 18.0 Å². The van der Waals surface area contributed by atoms with Crippen LogP contribution in [0.2, 0.25) is 5.02 Å². The van der Waals surface area contributed by atoms with Crippen molar-refractivity contribution in [2.45, 2.75) is 18.6 Å². The highest BCUT2D eigenvalue weighted by atomic mass is 35.5. The van der Waals surface area contributed by atoms with Crippen molar-refractivity contribution in [2.75, 3.05) is 31.9 Å². The lowest BCUT2D eigenvalue weighted by molar-refractivity contribution is -0.130. The first-order chi connectivity index (χ1) is 14.1. The van der Waals surface area contributed by atoms with Crippen molar-refractivity contribution in [1.82, 2.24) is 39.7 Å². The molecule has 152 valence electrons. The molecule has 0 spiro atoms. The molecule has 0 bridgehead atoms. The van der Waals surface area contributed by atoms with Gasteiger partial charge in [-0.25, -0.2) is 4.98 Å². The number of halogens is 1. The number of carbonyl (C=O) groups excluding carboxylic acids is 1. The standard InChI is InChI=1S/C18H21ClN8OS/c1-13-21-16(23-22-13)10-25-5-7-26(8-6-25)17(28)11-29-18-24-20-12-27(18)15-4-2-3-14(19)9-15/h2-4,9,12H,5-8,10-11H2,1H3,(H,21,22,23). The number of hydrogen-bond donors (Lipinski definition) is 1. The Morgan fingerprint density at radius 1 is 1.28 bits per heavy atom. The van der Waals surface area contributed by atoms with E-state index >= 15 is 0 Å². The second-order valence-electron chi connectivity index (χ2n) is 6.75. The van der Waals surface area contributed by atoms with Crippen LogP contribution in [0.3, 0.4) is 0 Å². The largest absolute Gasteiger partial charge is 0.339 e. The first-order valence-electron chi connectivity index (χ1n) is 9.25. The molecular weight excluding hydrogens is 412 g/mol. The molecule has 11 heteroatoms. The van der Waals surface area contributed by atoms with Gasteiger partial charge in [0.25, 0.3) is 0 Å². The average molecular weight is 433 g/mol. The molecule has 0 atom stereocenters. The smallest absolute Gasteiger partial charge is 0.233 e. The molecule has 1 aliphatic rings. The maximum absolute atomic E-state index is 12.6. The summed E-state index contributed by atoms with van der Waals surface area (Å²) >= 11 is 7.45. The third-order valence-electron chi connectivity index (χ3n) is 4.66. The van der Waals surface area contributed by atoms with Crippen molar-refractivity contribution in [3.63, 3.8) is 0 Å². The zero-order valence-corrected chi connectivity index (χ0v) is 17.5. The molecule has 0 saturated carbocycles. The topological polar surface area (TPSA) is 95.8 Å². The summed E-state index contributed by atoms with van der Waals surface area (Å²) in [6.07, 6.45) is 1.63. The van der Waals surface area contributed by atoms with Gasteiger partial charge in [-0.05, 0) is 25.1 Å². The normalized spacial score (nSPS) is 15.0. The Hall–Kier alpha value is -2.43. The van der Waals surface area contributed by atoms with Crippen molar-refractivity contribution in [2.24, 2.45) is 0 Å². The monoisotopic (exact) mass is 432 g/mol. The fourth-order valence-electron chi connectivity index (χ4n) is 3.16. The number of amides is 1. The second kappa shape index (κ2) is 8.93. The van der Waals surface area contributed by atoms with E-state index in [1.165, 1.54) is 11.8 Å². The average Bonchev–Trinajstić information content (AvgIpc) is 3.35. The maximum Gasteiger partial charge on any atom is 0.233 e. The summed E-state index contributed by atoms with van der Waals surface area (Å²) in [5.74, 6) is 2.03. The first kappa shape index (κ1) is 19.9. The van der Waals surface area contributed by atoms with Gasteiger partial charge < -0.3 is 4.90 Å². The minimum atomic E-state index is 0.101. The van der Waals surface area contributed by atoms with E-state index in [2.05, 4.69) is 30.3 Å². The van der Waals surface area contributed by atoms with E-state index < -0.39 is 0 Å². The van der Waals surface area contributed by atoms with Gasteiger partial charge in [0.2, 0.25) is 5.91 Å². The van der Waals surface area contributed by atoms with Crippen LogP contribution in [0.4, 0.5) is 0 Å². The molecular formula is C18H21ClN8OS. The van der Waals surface area contributed by atoms with Crippen LogP contribution >= 0.6 is 23.4 Å². The van der Waals surface area contributed by atoms with Crippen molar-refractivity contribution in [3.05, 3.63) is 47.3 Å². The summed E-state index contributed by atoms with van der Waals surface area (Å²) in [6, 6.07) is 7.45. The van der Waals surface area contributed by atoms with Crippen molar-refractivity contribution in [1.29, 1.82) is 0 Å². The van der Waals surface area contributed by atoms with Crippen LogP contribution in [0.1, 0.15) is 11.6 Å². The number of aromatic amines is 1. The Bertz CT molecular complexity index is 982. The number of piperazine rings is 1. The summed E-state index contributed by atoms with van der Waals surface area (Å²) in [5, 5.41) is 16.5. The predicted octanol–water partition coefficient (Wildman–Crippen LogP) is 1.78. The Morgan fingerprint density at radius 3 is 2.83 bits per heavy atom. The number of nitrogens with one attached hydrogen (secondary N) is 1. The molecule has 9 nitrogen and oxygen atoms in total. The predicted molar refractivity (Wildman–Crippen MR) is 110 cm³/mol. The van der Waals surface area contributed by atoms with Gasteiger partial charge >= 0.3 is 0 Å². The molecule has 1 aromatic carbocycles. The zero-order chi connectivity index (χ0) is 20.2. The summed E-state index contributed by atoms with van der Waals surface area (Å²) in [4.78, 5) is 21.1. The third kappa shape index (κ3) is 4.95. The van der Waals surface area contributed by atoms with Gasteiger partial charge in [0.1, 0.15) is 12.2 Å². The van der Waals surface area contributed by atoms with Crippen molar-refractivity contribution < 1.29 is 4.79 Å². The number of benzene rings is 1. The molecule has 3 heterocycles. The van der Waals surface area contributed by atoms with Crippen LogP contribution in [-0.2, 0) is 11.3 Å². The molecule has 1 aliphatic heterocycles. The summed E-state index contributed by atoms with van der Waals surface area (Å²) in [5.41, 5.74) is 0.869. The molecule has 0 radical (unpaired) electrons. The zero-order valence-electron chi connectivity index (χ0n) is 16.0. The fourth-order valence-corrected chi connectivity index (χ4v) is 4.17. The van der Waals surface area contributed by atoms with Gasteiger partial charge in [0.15, 0.2) is 11.0 Å². The summed E-state index contributed by atoms with van der Waals surface area (Å²) in [6.45, 7) is 5.60. The van der Waals surface area contributed by atoms with Crippen LogP contribution in [0.5, 0.6) is 0 Å². The van der Waals surface area contributed by atoms with Crippen LogP contribution < -0.4 is 0 Å². The number of nitrogens with zero attached hydrogens (tertiary/aromatic N) is 7. The molecule has 1 fully saturated rings. The van der Waals surface area contributed by atoms with Gasteiger partial charge in [-0.1, -0.05) is 29.4 Å². The Morgan fingerprint density at radius 2 is 2.10 bits per heavy atom. The molecule has 29 heavy (non-hydrogen) atoms. The van der Waals surface area contributed by atoms with Gasteiger partial charge in [-0.2, -0.15) is 5.10 Å². The Labute approximate surface area is 177 Å². The lowest BCUT2D eigenvalue weighted by Crippen LogP contribution is -2.48. The van der Waals surface area contributed by atoms with Crippen LogP contribution in [-0.4, -0.2) is 77.6 Å². The van der Waals surface area contributed by atoms with E-state index in [1.54, 1.807) is 6.33 Å². The molecule has 1 amide bonds. The van der Waals surface area contributed by atoms with Crippen molar-refractivity contribution >= 4 is 29.3 Å². The molecule has 4 rings (SSSR count). The highest BCUT2D eigenvalue weighted by Gasteiger charge is 2.22.